The van der Waals surface area contributed by atoms with Crippen LogP contribution in [0.5, 0.6) is 0 Å². The molecule has 1 aliphatic heterocycles. The quantitative estimate of drug-likeness (QED) is 0.731. The maximum Gasteiger partial charge on any atom is 0.410 e. The summed E-state index contributed by atoms with van der Waals surface area (Å²) < 4.78 is 28.3. The molecule has 116 valence electrons. The first-order valence-corrected chi connectivity index (χ1v) is 8.53. The second kappa shape index (κ2) is 7.47. The van der Waals surface area contributed by atoms with E-state index in [1.165, 1.54) is 4.90 Å². The summed E-state index contributed by atoms with van der Waals surface area (Å²) in [6.45, 7) is 2.33. The minimum atomic E-state index is -3.21. The van der Waals surface area contributed by atoms with Gasteiger partial charge in [0.05, 0.1) is 18.1 Å². The third-order valence-corrected chi connectivity index (χ3v) is 4.88. The van der Waals surface area contributed by atoms with Gasteiger partial charge in [-0.3, -0.25) is 4.79 Å². The SMILES string of the molecule is CCCCOC(=O)N1CCS(=O)(=O)CC1CCC(=O)O. The zero-order valence-corrected chi connectivity index (χ0v) is 12.4. The molecule has 0 aromatic carbocycles. The highest BCUT2D eigenvalue weighted by Gasteiger charge is 2.34. The van der Waals surface area contributed by atoms with Crippen molar-refractivity contribution in [1.82, 2.24) is 4.90 Å². The zero-order valence-electron chi connectivity index (χ0n) is 11.6. The van der Waals surface area contributed by atoms with Crippen LogP contribution in [0.3, 0.4) is 0 Å². The fraction of sp³-hybridized carbons (Fsp3) is 0.833. The number of sulfone groups is 1. The smallest absolute Gasteiger partial charge is 0.410 e. The first-order valence-electron chi connectivity index (χ1n) is 6.71. The molecular formula is C12H21NO6S. The Hall–Kier alpha value is -1.31. The largest absolute Gasteiger partial charge is 0.481 e. The summed E-state index contributed by atoms with van der Waals surface area (Å²) in [5.74, 6) is -1.30. The van der Waals surface area contributed by atoms with Gasteiger partial charge in [0.2, 0.25) is 0 Å². The molecule has 1 N–H and O–H groups in total. The molecule has 1 aliphatic rings. The molecule has 0 saturated carbocycles. The van der Waals surface area contributed by atoms with Gasteiger partial charge in [-0.25, -0.2) is 13.2 Å². The van der Waals surface area contributed by atoms with E-state index in [1.54, 1.807) is 0 Å². The fourth-order valence-electron chi connectivity index (χ4n) is 2.04. The van der Waals surface area contributed by atoms with E-state index in [0.717, 1.165) is 12.8 Å². The van der Waals surface area contributed by atoms with E-state index >= 15 is 0 Å². The second-order valence-electron chi connectivity index (χ2n) is 4.86. The highest BCUT2D eigenvalue weighted by Crippen LogP contribution is 2.17. The first-order chi connectivity index (χ1) is 9.35. The highest BCUT2D eigenvalue weighted by molar-refractivity contribution is 7.91. The molecule has 0 bridgehead atoms. The van der Waals surface area contributed by atoms with Crippen LogP contribution >= 0.6 is 0 Å². The molecule has 1 amide bonds. The van der Waals surface area contributed by atoms with Crippen LogP contribution in [0.4, 0.5) is 4.79 Å². The molecule has 0 aliphatic carbocycles. The molecule has 1 atom stereocenters. The number of nitrogens with zero attached hydrogens (tertiary/aromatic N) is 1. The average molecular weight is 307 g/mol. The maximum absolute atomic E-state index is 11.9. The minimum absolute atomic E-state index is 0.0670. The summed E-state index contributed by atoms with van der Waals surface area (Å²) in [4.78, 5) is 23.9. The van der Waals surface area contributed by atoms with Crippen LogP contribution in [-0.2, 0) is 19.4 Å². The number of hydrogen-bond acceptors (Lipinski definition) is 5. The Labute approximate surface area is 118 Å². The Kier molecular flexibility index (Phi) is 6.25. The van der Waals surface area contributed by atoms with Crippen molar-refractivity contribution in [2.75, 3.05) is 24.7 Å². The number of hydrogen-bond donors (Lipinski definition) is 1. The zero-order chi connectivity index (χ0) is 15.2. The van der Waals surface area contributed by atoms with Crippen molar-refractivity contribution in [3.8, 4) is 0 Å². The summed E-state index contributed by atoms with van der Waals surface area (Å²) in [6.07, 6.45) is 1.04. The van der Waals surface area contributed by atoms with Crippen LogP contribution in [0.15, 0.2) is 0 Å². The topological polar surface area (TPSA) is 101 Å². The molecule has 1 unspecified atom stereocenters. The third-order valence-electron chi connectivity index (χ3n) is 3.18. The second-order valence-corrected chi connectivity index (χ2v) is 7.09. The van der Waals surface area contributed by atoms with Gasteiger partial charge in [0.25, 0.3) is 0 Å². The van der Waals surface area contributed by atoms with E-state index in [-0.39, 0.29) is 30.9 Å². The monoisotopic (exact) mass is 307 g/mol. The third kappa shape index (κ3) is 5.36. The molecule has 0 radical (unpaired) electrons. The van der Waals surface area contributed by atoms with Crippen LogP contribution < -0.4 is 0 Å². The normalized spacial score (nSPS) is 21.4. The van der Waals surface area contributed by atoms with E-state index in [1.807, 2.05) is 6.92 Å². The molecule has 0 aromatic heterocycles. The van der Waals surface area contributed by atoms with Crippen molar-refractivity contribution < 1.29 is 27.9 Å². The molecule has 0 spiro atoms. The predicted octanol–water partition coefficient (Wildman–Crippen LogP) is 0.887. The van der Waals surface area contributed by atoms with E-state index in [2.05, 4.69) is 0 Å². The Morgan fingerprint density at radius 2 is 2.10 bits per heavy atom. The van der Waals surface area contributed by atoms with E-state index in [4.69, 9.17) is 9.84 Å². The molecule has 1 saturated heterocycles. The van der Waals surface area contributed by atoms with Crippen molar-refractivity contribution in [2.45, 2.75) is 38.6 Å². The van der Waals surface area contributed by atoms with Crippen molar-refractivity contribution >= 4 is 21.9 Å². The van der Waals surface area contributed by atoms with Crippen molar-refractivity contribution in [3.05, 3.63) is 0 Å². The van der Waals surface area contributed by atoms with Gasteiger partial charge in [0, 0.05) is 19.0 Å². The van der Waals surface area contributed by atoms with Gasteiger partial charge < -0.3 is 14.7 Å². The van der Waals surface area contributed by atoms with Gasteiger partial charge in [-0.2, -0.15) is 0 Å². The van der Waals surface area contributed by atoms with E-state index in [0.29, 0.717) is 6.61 Å². The number of rotatable bonds is 6. The van der Waals surface area contributed by atoms with E-state index in [9.17, 15) is 18.0 Å². The molecule has 0 aromatic rings. The number of unbranched alkanes of at least 4 members (excludes halogenated alkanes) is 1. The fourth-order valence-corrected chi connectivity index (χ4v) is 3.62. The van der Waals surface area contributed by atoms with Crippen molar-refractivity contribution in [1.29, 1.82) is 0 Å². The highest BCUT2D eigenvalue weighted by atomic mass is 32.2. The average Bonchev–Trinajstić information content (AvgIpc) is 2.35. The van der Waals surface area contributed by atoms with Crippen molar-refractivity contribution in [2.24, 2.45) is 0 Å². The van der Waals surface area contributed by atoms with Crippen LogP contribution in [-0.4, -0.2) is 61.2 Å². The van der Waals surface area contributed by atoms with Gasteiger partial charge in [-0.05, 0) is 12.8 Å². The molecule has 7 nitrogen and oxygen atoms in total. The molecule has 20 heavy (non-hydrogen) atoms. The van der Waals surface area contributed by atoms with Gasteiger partial charge >= 0.3 is 12.1 Å². The van der Waals surface area contributed by atoms with Gasteiger partial charge in [0.15, 0.2) is 9.84 Å². The number of ether oxygens (including phenoxy) is 1. The molecule has 1 heterocycles. The molecule has 8 heteroatoms. The lowest BCUT2D eigenvalue weighted by Gasteiger charge is -2.34. The van der Waals surface area contributed by atoms with Gasteiger partial charge in [-0.15, -0.1) is 0 Å². The molecule has 1 fully saturated rings. The Balaban J connectivity index is 2.64. The van der Waals surface area contributed by atoms with Crippen LogP contribution in [0.2, 0.25) is 0 Å². The van der Waals surface area contributed by atoms with Crippen LogP contribution in [0.25, 0.3) is 0 Å². The number of carbonyl (C=O) groups excluding carboxylic acids is 1. The number of carbonyl (C=O) groups is 2. The summed E-state index contributed by atoms with van der Waals surface area (Å²) in [6, 6.07) is -0.612. The standard InChI is InChI=1S/C12H21NO6S/c1-2-3-7-19-12(16)13-6-8-20(17,18)9-10(13)4-5-11(14)15/h10H,2-9H2,1H3,(H,14,15). The number of amides is 1. The van der Waals surface area contributed by atoms with Gasteiger partial charge in [0.1, 0.15) is 0 Å². The first kappa shape index (κ1) is 16.7. The van der Waals surface area contributed by atoms with Gasteiger partial charge in [-0.1, -0.05) is 13.3 Å². The Bertz CT molecular complexity index is 447. The Morgan fingerprint density at radius 1 is 1.40 bits per heavy atom. The number of aliphatic carboxylic acids is 1. The lowest BCUT2D eigenvalue weighted by atomic mass is 10.1. The Morgan fingerprint density at radius 3 is 2.70 bits per heavy atom. The summed E-state index contributed by atoms with van der Waals surface area (Å²) in [7, 11) is -3.21. The molecular weight excluding hydrogens is 286 g/mol. The summed E-state index contributed by atoms with van der Waals surface area (Å²) in [5, 5.41) is 8.69. The number of carboxylic acids is 1. The summed E-state index contributed by atoms with van der Waals surface area (Å²) in [5.41, 5.74) is 0. The summed E-state index contributed by atoms with van der Waals surface area (Å²) >= 11 is 0. The lowest BCUT2D eigenvalue weighted by Crippen LogP contribution is -2.51. The molecule has 1 rings (SSSR count). The van der Waals surface area contributed by atoms with Crippen LogP contribution in [0.1, 0.15) is 32.6 Å². The van der Waals surface area contributed by atoms with E-state index < -0.39 is 27.9 Å². The maximum atomic E-state index is 11.9. The lowest BCUT2D eigenvalue weighted by molar-refractivity contribution is -0.137. The van der Waals surface area contributed by atoms with Crippen molar-refractivity contribution in [3.63, 3.8) is 0 Å². The number of carboxylic acid groups (broad SMARTS) is 1. The minimum Gasteiger partial charge on any atom is -0.481 e. The van der Waals surface area contributed by atoms with Crippen LogP contribution in [0, 0.1) is 0 Å². The predicted molar refractivity (Wildman–Crippen MR) is 72.3 cm³/mol.